The minimum atomic E-state index is 0.0876. The number of morpholine rings is 1. The van der Waals surface area contributed by atoms with E-state index >= 15 is 0 Å². The number of piperidine rings is 1. The zero-order valence-corrected chi connectivity index (χ0v) is 15.0. The van der Waals surface area contributed by atoms with E-state index in [1.165, 1.54) is 0 Å². The number of hydrogen-bond acceptors (Lipinski definition) is 3. The SMILES string of the molecule is COc1ccccc1C(=O)N1CCC([NH+]2C[C@@H](C)O[C@H](C)C2)CC1. The summed E-state index contributed by atoms with van der Waals surface area (Å²) in [6.07, 6.45) is 2.79. The first-order chi connectivity index (χ1) is 11.6. The summed E-state index contributed by atoms with van der Waals surface area (Å²) < 4.78 is 11.2. The predicted octanol–water partition coefficient (Wildman–Crippen LogP) is 0.992. The molecule has 2 heterocycles. The second-order valence-corrected chi connectivity index (χ2v) is 7.09. The summed E-state index contributed by atoms with van der Waals surface area (Å²) in [5, 5.41) is 0. The number of nitrogens with zero attached hydrogens (tertiary/aromatic N) is 1. The fourth-order valence-corrected chi connectivity index (χ4v) is 4.13. The van der Waals surface area contributed by atoms with Gasteiger partial charge in [0.1, 0.15) is 31.0 Å². The number of likely N-dealkylation sites (tertiary alicyclic amines) is 1. The van der Waals surface area contributed by atoms with Gasteiger partial charge in [0.25, 0.3) is 5.91 Å². The number of benzene rings is 1. The van der Waals surface area contributed by atoms with Gasteiger partial charge in [-0.1, -0.05) is 12.1 Å². The lowest BCUT2D eigenvalue weighted by molar-refractivity contribution is -0.940. The molecule has 5 nitrogen and oxygen atoms in total. The quantitative estimate of drug-likeness (QED) is 0.897. The molecule has 2 aliphatic rings. The van der Waals surface area contributed by atoms with Crippen molar-refractivity contribution in [2.45, 2.75) is 44.9 Å². The third-order valence-corrected chi connectivity index (χ3v) is 5.26. The van der Waals surface area contributed by atoms with Crippen molar-refractivity contribution in [3.8, 4) is 5.75 Å². The van der Waals surface area contributed by atoms with Crippen LogP contribution in [-0.4, -0.2) is 62.3 Å². The van der Waals surface area contributed by atoms with Crippen molar-refractivity contribution in [3.05, 3.63) is 29.8 Å². The molecular weight excluding hydrogens is 304 g/mol. The molecule has 2 aliphatic heterocycles. The molecule has 2 saturated heterocycles. The maximum Gasteiger partial charge on any atom is 0.257 e. The molecule has 5 heteroatoms. The van der Waals surface area contributed by atoms with Crippen molar-refractivity contribution in [2.75, 3.05) is 33.3 Å². The summed E-state index contributed by atoms with van der Waals surface area (Å²) >= 11 is 0. The van der Waals surface area contributed by atoms with Gasteiger partial charge in [-0.05, 0) is 26.0 Å². The van der Waals surface area contributed by atoms with Crippen LogP contribution in [0.1, 0.15) is 37.0 Å². The van der Waals surface area contributed by atoms with Crippen LogP contribution in [0.25, 0.3) is 0 Å². The average molecular weight is 333 g/mol. The highest BCUT2D eigenvalue weighted by Gasteiger charge is 2.35. The molecule has 1 amide bonds. The van der Waals surface area contributed by atoms with Gasteiger partial charge >= 0.3 is 0 Å². The Kier molecular flexibility index (Phi) is 5.41. The van der Waals surface area contributed by atoms with E-state index in [0.717, 1.165) is 39.0 Å². The van der Waals surface area contributed by atoms with E-state index in [2.05, 4.69) is 13.8 Å². The molecule has 24 heavy (non-hydrogen) atoms. The third-order valence-electron chi connectivity index (χ3n) is 5.26. The second-order valence-electron chi connectivity index (χ2n) is 7.09. The second kappa shape index (κ2) is 7.53. The molecular formula is C19H29N2O3+. The van der Waals surface area contributed by atoms with Crippen molar-refractivity contribution in [1.29, 1.82) is 0 Å². The summed E-state index contributed by atoms with van der Waals surface area (Å²) in [6.45, 7) is 8.14. The molecule has 0 aliphatic carbocycles. The molecule has 0 radical (unpaired) electrons. The van der Waals surface area contributed by atoms with E-state index in [1.807, 2.05) is 29.2 Å². The first kappa shape index (κ1) is 17.2. The van der Waals surface area contributed by atoms with Gasteiger partial charge in [0.2, 0.25) is 0 Å². The van der Waals surface area contributed by atoms with Crippen molar-refractivity contribution >= 4 is 5.91 Å². The molecule has 132 valence electrons. The lowest BCUT2D eigenvalue weighted by Gasteiger charge is -2.41. The fourth-order valence-electron chi connectivity index (χ4n) is 4.13. The largest absolute Gasteiger partial charge is 0.496 e. The number of carbonyl (C=O) groups excluding carboxylic acids is 1. The summed E-state index contributed by atoms with van der Waals surface area (Å²) in [7, 11) is 1.61. The third kappa shape index (κ3) is 3.73. The fraction of sp³-hybridized carbons (Fsp3) is 0.632. The van der Waals surface area contributed by atoms with E-state index < -0.39 is 0 Å². The molecule has 1 aromatic rings. The Balaban J connectivity index is 1.59. The number of carbonyl (C=O) groups is 1. The Bertz CT molecular complexity index is 559. The number of rotatable bonds is 3. The molecule has 0 spiro atoms. The molecule has 0 saturated carbocycles. The van der Waals surface area contributed by atoms with Gasteiger partial charge in [-0.15, -0.1) is 0 Å². The average Bonchev–Trinajstić information content (AvgIpc) is 2.60. The normalized spacial score (nSPS) is 28.6. The van der Waals surface area contributed by atoms with E-state index in [-0.39, 0.29) is 5.91 Å². The van der Waals surface area contributed by atoms with E-state index in [0.29, 0.717) is 29.6 Å². The van der Waals surface area contributed by atoms with Crippen LogP contribution in [0.15, 0.2) is 24.3 Å². The number of methoxy groups -OCH3 is 1. The van der Waals surface area contributed by atoms with Crippen LogP contribution in [-0.2, 0) is 4.74 Å². The number of amides is 1. The van der Waals surface area contributed by atoms with Gasteiger partial charge < -0.3 is 19.3 Å². The van der Waals surface area contributed by atoms with E-state index in [1.54, 1.807) is 12.0 Å². The molecule has 1 N–H and O–H groups in total. The molecule has 0 bridgehead atoms. The molecule has 1 aromatic carbocycles. The highest BCUT2D eigenvalue weighted by Crippen LogP contribution is 2.21. The van der Waals surface area contributed by atoms with Crippen molar-refractivity contribution in [2.24, 2.45) is 0 Å². The van der Waals surface area contributed by atoms with Crippen LogP contribution in [0.3, 0.4) is 0 Å². The Morgan fingerprint density at radius 3 is 2.42 bits per heavy atom. The summed E-state index contributed by atoms with van der Waals surface area (Å²) in [5.74, 6) is 0.746. The van der Waals surface area contributed by atoms with Crippen LogP contribution in [0, 0.1) is 0 Å². The van der Waals surface area contributed by atoms with Crippen LogP contribution in [0.4, 0.5) is 0 Å². The monoisotopic (exact) mass is 333 g/mol. The Morgan fingerprint density at radius 2 is 1.79 bits per heavy atom. The van der Waals surface area contributed by atoms with Gasteiger partial charge in [-0.25, -0.2) is 0 Å². The number of ether oxygens (including phenoxy) is 2. The lowest BCUT2D eigenvalue weighted by Crippen LogP contribution is -3.19. The Morgan fingerprint density at radius 1 is 1.17 bits per heavy atom. The van der Waals surface area contributed by atoms with E-state index in [9.17, 15) is 4.79 Å². The summed E-state index contributed by atoms with van der Waals surface area (Å²) in [4.78, 5) is 16.4. The predicted molar refractivity (Wildman–Crippen MR) is 92.6 cm³/mol. The van der Waals surface area contributed by atoms with Crippen molar-refractivity contribution in [3.63, 3.8) is 0 Å². The first-order valence-electron chi connectivity index (χ1n) is 9.00. The zero-order chi connectivity index (χ0) is 17.1. The Hall–Kier alpha value is -1.59. The van der Waals surface area contributed by atoms with Gasteiger partial charge in [0.15, 0.2) is 0 Å². The minimum Gasteiger partial charge on any atom is -0.496 e. The standard InChI is InChI=1S/C19H28N2O3/c1-14-12-21(13-15(2)24-14)16-8-10-20(11-9-16)19(22)17-6-4-5-7-18(17)23-3/h4-7,14-16H,8-13H2,1-3H3/p+1/t14-,15-/m1/s1. The van der Waals surface area contributed by atoms with Crippen molar-refractivity contribution in [1.82, 2.24) is 4.90 Å². The van der Waals surface area contributed by atoms with E-state index in [4.69, 9.17) is 9.47 Å². The highest BCUT2D eigenvalue weighted by molar-refractivity contribution is 5.97. The van der Waals surface area contributed by atoms with Gasteiger partial charge in [-0.3, -0.25) is 4.79 Å². The van der Waals surface area contributed by atoms with Gasteiger partial charge in [0, 0.05) is 25.9 Å². The molecule has 0 unspecified atom stereocenters. The summed E-state index contributed by atoms with van der Waals surface area (Å²) in [5.41, 5.74) is 0.666. The highest BCUT2D eigenvalue weighted by atomic mass is 16.5. The minimum absolute atomic E-state index is 0.0876. The van der Waals surface area contributed by atoms with Crippen LogP contribution >= 0.6 is 0 Å². The smallest absolute Gasteiger partial charge is 0.257 e. The Labute approximate surface area is 144 Å². The summed E-state index contributed by atoms with van der Waals surface area (Å²) in [6, 6.07) is 8.13. The molecule has 2 fully saturated rings. The maximum absolute atomic E-state index is 12.8. The number of quaternary nitrogens is 1. The molecule has 0 aromatic heterocycles. The maximum atomic E-state index is 12.8. The van der Waals surface area contributed by atoms with Gasteiger partial charge in [0.05, 0.1) is 18.7 Å². The topological polar surface area (TPSA) is 43.2 Å². The number of nitrogens with one attached hydrogen (secondary N) is 1. The van der Waals surface area contributed by atoms with Crippen LogP contribution in [0.5, 0.6) is 5.75 Å². The zero-order valence-electron chi connectivity index (χ0n) is 15.0. The molecule has 3 rings (SSSR count). The number of hydrogen-bond donors (Lipinski definition) is 1. The van der Waals surface area contributed by atoms with Gasteiger partial charge in [-0.2, -0.15) is 0 Å². The number of para-hydroxylation sites is 1. The molecule has 2 atom stereocenters. The van der Waals surface area contributed by atoms with Crippen LogP contribution in [0.2, 0.25) is 0 Å². The first-order valence-corrected chi connectivity index (χ1v) is 9.00. The van der Waals surface area contributed by atoms with Crippen LogP contribution < -0.4 is 9.64 Å². The lowest BCUT2D eigenvalue weighted by atomic mass is 10.0. The van der Waals surface area contributed by atoms with Crippen molar-refractivity contribution < 1.29 is 19.2 Å².